The van der Waals surface area contributed by atoms with E-state index in [1.165, 1.54) is 19.5 Å². The zero-order valence-electron chi connectivity index (χ0n) is 21.8. The van der Waals surface area contributed by atoms with Gasteiger partial charge in [0.1, 0.15) is 5.97 Å². The van der Waals surface area contributed by atoms with Gasteiger partial charge in [-0.2, -0.15) is 13.2 Å². The van der Waals surface area contributed by atoms with E-state index in [1.807, 2.05) is 0 Å². The van der Waals surface area contributed by atoms with Crippen molar-refractivity contribution < 1.29 is 58.7 Å². The Labute approximate surface area is 222 Å². The largest absolute Gasteiger partial charge is 0.542 e. The molecule has 1 N–H and O–H groups in total. The quantitative estimate of drug-likeness (QED) is 0.425. The number of carboxylic acid groups (broad SMARTS) is 1. The standard InChI is InChI=1S/C22H35N2O2Si.C2HF3O2.Hg/c1-15(2)27(16(3)4,17(5)6)24-14-19(11-12-23-18(7)25)21-13-20(26-8)9-10-22(21)24;3-2(4,5)1(6)7;/h10,13-17H,11-12H2,1-8H3,(H,23,25);(H,6,7);/q;;+1/p-1. The van der Waals surface area contributed by atoms with Gasteiger partial charge in [-0.25, -0.2) is 0 Å². The summed E-state index contributed by atoms with van der Waals surface area (Å²) in [5, 5.41) is 13.0. The molecule has 0 fully saturated rings. The molecule has 0 spiro atoms. The van der Waals surface area contributed by atoms with Crippen LogP contribution in [-0.4, -0.2) is 44.2 Å². The number of halogens is 3. The number of carboxylic acids is 1. The van der Waals surface area contributed by atoms with Crippen LogP contribution in [-0.2, 0) is 42.1 Å². The summed E-state index contributed by atoms with van der Waals surface area (Å²) >= 11 is 0.493. The van der Waals surface area contributed by atoms with E-state index in [4.69, 9.17) is 14.6 Å². The van der Waals surface area contributed by atoms with Crippen LogP contribution < -0.4 is 18.2 Å². The molecule has 35 heavy (non-hydrogen) atoms. The third-order valence-electron chi connectivity index (χ3n) is 6.48. The normalized spacial score (nSPS) is 12.2. The molecule has 2 aromatic rings. The minimum absolute atomic E-state index is 0.0285. The predicted molar refractivity (Wildman–Crippen MR) is 128 cm³/mol. The maximum Gasteiger partial charge on any atom is 0.430 e. The first-order valence-electron chi connectivity index (χ1n) is 11.6. The second kappa shape index (κ2) is 12.6. The number of aromatic nitrogens is 1. The molecule has 1 aromatic heterocycles. The number of methoxy groups -OCH3 is 1. The minimum Gasteiger partial charge on any atom is -0.542 e. The Morgan fingerprint density at radius 1 is 1.11 bits per heavy atom. The maximum absolute atomic E-state index is 11.4. The second-order valence-corrected chi connectivity index (χ2v) is 18.3. The van der Waals surface area contributed by atoms with Crippen LogP contribution in [0.25, 0.3) is 10.9 Å². The number of ether oxygens (including phenoxy) is 1. The summed E-state index contributed by atoms with van der Waals surface area (Å²) in [6, 6.07) is 4.62. The summed E-state index contributed by atoms with van der Waals surface area (Å²) < 4.78 is 41.3. The van der Waals surface area contributed by atoms with Crippen molar-refractivity contribution in [2.75, 3.05) is 13.7 Å². The summed E-state index contributed by atoms with van der Waals surface area (Å²) in [5.74, 6) is -1.96. The van der Waals surface area contributed by atoms with E-state index in [2.05, 4.69) is 69.4 Å². The number of fused-ring (bicyclic) bond motifs is 1. The monoisotopic (exact) mass is 702 g/mol. The second-order valence-electron chi connectivity index (χ2n) is 9.58. The van der Waals surface area contributed by atoms with Crippen molar-refractivity contribution in [1.29, 1.82) is 0 Å². The summed E-state index contributed by atoms with van der Waals surface area (Å²) in [6.07, 6.45) is -1.94. The molecule has 0 aliphatic carbocycles. The molecule has 2 rings (SSSR count). The van der Waals surface area contributed by atoms with E-state index in [9.17, 15) is 18.0 Å². The number of nitrogens with zero attached hydrogens (tertiary/aromatic N) is 1. The van der Waals surface area contributed by atoms with Crippen molar-refractivity contribution in [3.05, 3.63) is 23.9 Å². The third-order valence-corrected chi connectivity index (χ3v) is 15.4. The minimum atomic E-state index is -5.19. The van der Waals surface area contributed by atoms with Crippen LogP contribution in [0.5, 0.6) is 5.75 Å². The number of rotatable bonds is 8. The number of alkyl halides is 3. The van der Waals surface area contributed by atoms with E-state index < -0.39 is 20.4 Å². The Morgan fingerprint density at radius 2 is 1.60 bits per heavy atom. The van der Waals surface area contributed by atoms with E-state index in [-0.39, 0.29) is 5.91 Å². The van der Waals surface area contributed by atoms with Gasteiger partial charge < -0.3 is 9.90 Å². The van der Waals surface area contributed by atoms with Gasteiger partial charge in [0.05, 0.1) is 0 Å². The molecule has 0 radical (unpaired) electrons. The van der Waals surface area contributed by atoms with Crippen molar-refractivity contribution in [1.82, 2.24) is 9.55 Å². The van der Waals surface area contributed by atoms with E-state index in [0.29, 0.717) is 49.3 Å². The van der Waals surface area contributed by atoms with Crippen molar-refractivity contribution in [2.45, 2.75) is 77.7 Å². The van der Waals surface area contributed by atoms with Gasteiger partial charge in [-0.1, -0.05) is 0 Å². The maximum atomic E-state index is 11.4. The Hall–Kier alpha value is -1.56. The van der Waals surface area contributed by atoms with Crippen molar-refractivity contribution in [3.63, 3.8) is 0 Å². The fourth-order valence-corrected chi connectivity index (χ4v) is 13.6. The van der Waals surface area contributed by atoms with Crippen LogP contribution in [0.2, 0.25) is 16.6 Å². The fraction of sp³-hybridized carbons (Fsp3) is 0.583. The molecular weight excluding hydrogens is 666 g/mol. The Balaban J connectivity index is 0.000000762. The number of hydrogen-bond donors (Lipinski definition) is 1. The summed E-state index contributed by atoms with van der Waals surface area (Å²) in [5.41, 5.74) is 4.59. The zero-order chi connectivity index (χ0) is 27.3. The molecule has 1 heterocycles. The van der Waals surface area contributed by atoms with Gasteiger partial charge in [-0.05, 0) is 0 Å². The van der Waals surface area contributed by atoms with Crippen molar-refractivity contribution in [2.24, 2.45) is 0 Å². The Morgan fingerprint density at radius 3 is 1.97 bits per heavy atom. The number of benzene rings is 1. The molecule has 0 aliphatic heterocycles. The smallest absolute Gasteiger partial charge is 0.430 e. The van der Waals surface area contributed by atoms with Crippen LogP contribution in [0.1, 0.15) is 54.0 Å². The first-order valence-corrected chi connectivity index (χ1v) is 16.5. The first kappa shape index (κ1) is 31.5. The van der Waals surface area contributed by atoms with Gasteiger partial charge in [0.2, 0.25) is 0 Å². The van der Waals surface area contributed by atoms with Gasteiger partial charge >= 0.3 is 194 Å². The molecule has 0 atom stereocenters. The summed E-state index contributed by atoms with van der Waals surface area (Å²) in [7, 11) is -0.0839. The van der Waals surface area contributed by atoms with E-state index >= 15 is 0 Å². The van der Waals surface area contributed by atoms with Crippen LogP contribution in [0.4, 0.5) is 13.2 Å². The average molecular weight is 701 g/mol. The van der Waals surface area contributed by atoms with E-state index in [1.54, 1.807) is 14.0 Å². The topological polar surface area (TPSA) is 83.4 Å². The van der Waals surface area contributed by atoms with Crippen LogP contribution in [0, 0.1) is 0 Å². The molecule has 0 aliphatic rings. The van der Waals surface area contributed by atoms with Gasteiger partial charge in [-0.3, -0.25) is 0 Å². The molecule has 0 saturated heterocycles. The molecule has 0 saturated carbocycles. The van der Waals surface area contributed by atoms with Crippen molar-refractivity contribution >= 4 is 34.1 Å². The third kappa shape index (κ3) is 7.24. The van der Waals surface area contributed by atoms with Crippen molar-refractivity contribution in [3.8, 4) is 5.75 Å². The fourth-order valence-electron chi connectivity index (χ4n) is 5.28. The molecular formula is C24H35F3HgN2O4Si. The van der Waals surface area contributed by atoms with Gasteiger partial charge in [0.15, 0.2) is 0 Å². The van der Waals surface area contributed by atoms with Gasteiger partial charge in [-0.15, -0.1) is 0 Å². The summed E-state index contributed by atoms with van der Waals surface area (Å²) in [6.45, 7) is 16.7. The molecule has 1 aromatic carbocycles. The first-order chi connectivity index (χ1) is 16.0. The van der Waals surface area contributed by atoms with Gasteiger partial charge in [0.25, 0.3) is 0 Å². The molecule has 1 amide bonds. The molecule has 0 unspecified atom stereocenters. The number of aliphatic carboxylic acids is 1. The van der Waals surface area contributed by atoms with Gasteiger partial charge in [0, 0.05) is 0 Å². The Bertz CT molecular complexity index is 1010. The number of carbonyl (C=O) groups is 2. The molecule has 192 valence electrons. The van der Waals surface area contributed by atoms with Crippen LogP contribution in [0.3, 0.4) is 0 Å². The number of amides is 1. The predicted octanol–water partition coefficient (Wildman–Crippen LogP) is 3.82. The number of nitrogens with one attached hydrogen (secondary N) is 1. The zero-order valence-corrected chi connectivity index (χ0v) is 28.3. The molecule has 11 heteroatoms. The Kier molecular flexibility index (Phi) is 11.3. The molecule has 6 nitrogen and oxygen atoms in total. The van der Waals surface area contributed by atoms with E-state index in [0.717, 1.165) is 12.2 Å². The average Bonchev–Trinajstić information content (AvgIpc) is 3.04. The van der Waals surface area contributed by atoms with Crippen LogP contribution in [0.15, 0.2) is 18.3 Å². The summed E-state index contributed by atoms with van der Waals surface area (Å²) in [4.78, 5) is 20.1. The molecule has 0 bridgehead atoms. The SMILES string of the molecule is COc1cc2c(CCNC(C)=O)cn([Si](C(C)C)(C(C)C)C(C)C)c2c[c]1[Hg+].O=C([O-])C(F)(F)F. The number of hydrogen-bond acceptors (Lipinski definition) is 4. The number of carbonyl (C=O) groups excluding carboxylic acids is 2. The van der Waals surface area contributed by atoms with Crippen LogP contribution >= 0.6 is 0 Å².